The first kappa shape index (κ1) is 32.5. The zero-order chi connectivity index (χ0) is 31.1. The lowest BCUT2D eigenvalue weighted by atomic mass is 10.0. The first-order valence-corrected chi connectivity index (χ1v) is 17.0. The Morgan fingerprint density at radius 2 is 1.57 bits per heavy atom. The second kappa shape index (κ2) is 11.9. The second-order valence-corrected chi connectivity index (χ2v) is 15.7. The molecule has 2 heterocycles. The Balaban J connectivity index is 1.89. The molecule has 9 nitrogen and oxygen atoms in total. The molecule has 1 amide bonds. The van der Waals surface area contributed by atoms with Gasteiger partial charge in [0.1, 0.15) is 0 Å². The van der Waals surface area contributed by atoms with Gasteiger partial charge in [-0.15, -0.1) is 0 Å². The minimum Gasteiger partial charge on any atom is -0.381 e. The monoisotopic (exact) mass is 633 g/mol. The molecule has 2 fully saturated rings. The molecule has 42 heavy (non-hydrogen) atoms. The number of benzene rings is 1. The van der Waals surface area contributed by atoms with Gasteiger partial charge in [-0.2, -0.15) is 13.2 Å². The van der Waals surface area contributed by atoms with Gasteiger partial charge in [-0.05, 0) is 77.1 Å². The minimum atomic E-state index is -5.07. The van der Waals surface area contributed by atoms with E-state index in [4.69, 9.17) is 4.74 Å². The van der Waals surface area contributed by atoms with Gasteiger partial charge in [0.2, 0.25) is 20.0 Å². The van der Waals surface area contributed by atoms with Crippen molar-refractivity contribution in [3.63, 3.8) is 0 Å². The SMILES string of the molecule is Cc1c(C(=O)NC2CCOCC2)cc(-c2ccc(S(=O)(=O)NC(C)(C)C)c(C(F)(F)F)c2)n1S(=O)(=O)C1CCCCC1. The molecule has 2 aromatic rings. The summed E-state index contributed by atoms with van der Waals surface area (Å²) in [6, 6.07) is 3.70. The Morgan fingerprint density at radius 3 is 2.14 bits per heavy atom. The van der Waals surface area contributed by atoms with E-state index in [9.17, 15) is 34.8 Å². The number of nitrogens with one attached hydrogen (secondary N) is 2. The highest BCUT2D eigenvalue weighted by molar-refractivity contribution is 7.90. The molecule has 234 valence electrons. The topological polar surface area (TPSA) is 124 Å². The van der Waals surface area contributed by atoms with E-state index < -0.39 is 53.4 Å². The van der Waals surface area contributed by atoms with Crippen LogP contribution in [0.2, 0.25) is 0 Å². The molecular weight excluding hydrogens is 595 g/mol. The normalized spacial score (nSPS) is 18.3. The molecule has 1 aliphatic carbocycles. The molecule has 0 bridgehead atoms. The van der Waals surface area contributed by atoms with Gasteiger partial charge in [-0.1, -0.05) is 25.3 Å². The molecule has 1 saturated heterocycles. The van der Waals surface area contributed by atoms with E-state index in [1.54, 1.807) is 0 Å². The average Bonchev–Trinajstić information content (AvgIpc) is 3.25. The summed E-state index contributed by atoms with van der Waals surface area (Å²) in [5, 5.41) is 2.13. The van der Waals surface area contributed by atoms with E-state index in [0.717, 1.165) is 22.5 Å². The fraction of sp³-hybridized carbons (Fsp3) is 0.607. The number of alkyl halides is 3. The van der Waals surface area contributed by atoms with Gasteiger partial charge in [0.05, 0.1) is 27.0 Å². The van der Waals surface area contributed by atoms with E-state index in [2.05, 4.69) is 10.0 Å². The first-order valence-electron chi connectivity index (χ1n) is 14.0. The summed E-state index contributed by atoms with van der Waals surface area (Å²) in [7, 11) is -8.71. The second-order valence-electron chi connectivity index (χ2n) is 12.0. The van der Waals surface area contributed by atoms with Gasteiger partial charge in [-0.3, -0.25) is 4.79 Å². The molecular formula is C28H38F3N3O6S2. The van der Waals surface area contributed by atoms with E-state index in [-0.39, 0.29) is 28.6 Å². The van der Waals surface area contributed by atoms with Crippen LogP contribution in [0.4, 0.5) is 13.2 Å². The zero-order valence-corrected chi connectivity index (χ0v) is 25.8. The smallest absolute Gasteiger partial charge is 0.381 e. The Labute approximate surface area is 245 Å². The highest BCUT2D eigenvalue weighted by Crippen LogP contribution is 2.39. The van der Waals surface area contributed by atoms with Gasteiger partial charge >= 0.3 is 6.18 Å². The third kappa shape index (κ3) is 7.03. The first-order chi connectivity index (χ1) is 19.4. The van der Waals surface area contributed by atoms with Crippen molar-refractivity contribution in [3.05, 3.63) is 41.1 Å². The molecule has 1 saturated carbocycles. The van der Waals surface area contributed by atoms with E-state index in [1.807, 2.05) is 0 Å². The summed E-state index contributed by atoms with van der Waals surface area (Å²) in [6.45, 7) is 6.90. The highest BCUT2D eigenvalue weighted by Gasteiger charge is 2.40. The van der Waals surface area contributed by atoms with Crippen molar-refractivity contribution in [2.24, 2.45) is 0 Å². The standard InChI is InChI=1S/C28H38F3N3O6S2/c1-18-22(26(35)32-20-12-14-40-15-13-20)17-24(34(18)42(38,39)21-8-6-5-7-9-21)19-10-11-25(23(16-19)28(29,30)31)41(36,37)33-27(2,3)4/h10-11,16-17,20-21,33H,5-9,12-15H2,1-4H3,(H,32,35). The van der Waals surface area contributed by atoms with Crippen molar-refractivity contribution in [1.29, 1.82) is 0 Å². The summed E-state index contributed by atoms with van der Waals surface area (Å²) in [6.07, 6.45) is -0.854. The van der Waals surface area contributed by atoms with Crippen LogP contribution in [0.25, 0.3) is 11.3 Å². The van der Waals surface area contributed by atoms with Gasteiger partial charge < -0.3 is 10.1 Å². The Morgan fingerprint density at radius 1 is 0.952 bits per heavy atom. The number of hydrogen-bond donors (Lipinski definition) is 2. The van der Waals surface area contributed by atoms with Gasteiger partial charge in [-0.25, -0.2) is 25.5 Å². The number of amides is 1. The molecule has 0 radical (unpaired) electrons. The minimum absolute atomic E-state index is 0.0236. The number of hydrogen-bond acceptors (Lipinski definition) is 6. The highest BCUT2D eigenvalue weighted by atomic mass is 32.2. The summed E-state index contributed by atoms with van der Waals surface area (Å²) in [4.78, 5) is 12.4. The summed E-state index contributed by atoms with van der Waals surface area (Å²) in [5.74, 6) is -0.539. The van der Waals surface area contributed by atoms with Gasteiger partial charge in [0.15, 0.2) is 0 Å². The Hall–Kier alpha value is -2.42. The molecule has 1 aromatic carbocycles. The summed E-state index contributed by atoms with van der Waals surface area (Å²) < 4.78 is 105. The number of halogens is 3. The number of aromatic nitrogens is 1. The van der Waals surface area contributed by atoms with Crippen LogP contribution < -0.4 is 10.0 Å². The predicted octanol–water partition coefficient (Wildman–Crippen LogP) is 4.98. The van der Waals surface area contributed by atoms with Gasteiger partial charge in [0.25, 0.3) is 5.91 Å². The molecule has 4 rings (SSSR count). The summed E-state index contributed by atoms with van der Waals surface area (Å²) >= 11 is 0. The lowest BCUT2D eigenvalue weighted by Crippen LogP contribution is -2.41. The van der Waals surface area contributed by atoms with Crippen molar-refractivity contribution in [3.8, 4) is 11.3 Å². The van der Waals surface area contributed by atoms with Crippen molar-refractivity contribution >= 4 is 26.0 Å². The largest absolute Gasteiger partial charge is 0.417 e. The van der Waals surface area contributed by atoms with Crippen LogP contribution in [0.15, 0.2) is 29.2 Å². The van der Waals surface area contributed by atoms with E-state index >= 15 is 0 Å². The number of nitrogens with zero attached hydrogens (tertiary/aromatic N) is 1. The van der Waals surface area contributed by atoms with Crippen LogP contribution in [0.5, 0.6) is 0 Å². The number of rotatable bonds is 7. The maximum Gasteiger partial charge on any atom is 0.417 e. The Kier molecular flexibility index (Phi) is 9.23. The number of carbonyl (C=O) groups excluding carboxylic acids is 1. The van der Waals surface area contributed by atoms with Crippen molar-refractivity contribution < 1.29 is 39.5 Å². The molecule has 2 aliphatic rings. The maximum absolute atomic E-state index is 14.3. The van der Waals surface area contributed by atoms with Crippen LogP contribution in [0.3, 0.4) is 0 Å². The fourth-order valence-corrected chi connectivity index (χ4v) is 9.34. The fourth-order valence-electron chi connectivity index (χ4n) is 5.57. The van der Waals surface area contributed by atoms with Crippen LogP contribution >= 0.6 is 0 Å². The average molecular weight is 634 g/mol. The van der Waals surface area contributed by atoms with Crippen molar-refractivity contribution in [2.75, 3.05) is 13.2 Å². The third-order valence-corrected chi connectivity index (χ3v) is 11.6. The molecule has 2 N–H and O–H groups in total. The third-order valence-electron chi connectivity index (χ3n) is 7.53. The predicted molar refractivity (Wildman–Crippen MR) is 152 cm³/mol. The van der Waals surface area contributed by atoms with Gasteiger partial charge in [0, 0.05) is 30.5 Å². The van der Waals surface area contributed by atoms with Crippen molar-refractivity contribution in [2.45, 2.75) is 101 Å². The van der Waals surface area contributed by atoms with E-state index in [1.165, 1.54) is 33.8 Å². The maximum atomic E-state index is 14.3. The lowest BCUT2D eigenvalue weighted by molar-refractivity contribution is -0.139. The molecule has 0 atom stereocenters. The Bertz CT molecular complexity index is 1530. The number of ether oxygens (including phenoxy) is 1. The number of sulfonamides is 1. The van der Waals surface area contributed by atoms with Crippen LogP contribution in [-0.2, 0) is 31.0 Å². The van der Waals surface area contributed by atoms with Crippen LogP contribution in [0.1, 0.15) is 87.3 Å². The molecule has 0 unspecified atom stereocenters. The van der Waals surface area contributed by atoms with Crippen molar-refractivity contribution in [1.82, 2.24) is 14.0 Å². The zero-order valence-electron chi connectivity index (χ0n) is 24.2. The van der Waals surface area contributed by atoms with Crippen LogP contribution in [0, 0.1) is 6.92 Å². The molecule has 1 aliphatic heterocycles. The lowest BCUT2D eigenvalue weighted by Gasteiger charge is -2.25. The number of carbonyl (C=O) groups is 1. The molecule has 1 aromatic heterocycles. The molecule has 0 spiro atoms. The van der Waals surface area contributed by atoms with E-state index in [0.29, 0.717) is 57.8 Å². The quantitative estimate of drug-likeness (QED) is 0.444. The molecule has 14 heteroatoms. The van der Waals surface area contributed by atoms with Crippen LogP contribution in [-0.4, -0.2) is 56.8 Å². The summed E-state index contributed by atoms with van der Waals surface area (Å²) in [5.41, 5.74) is -2.69.